The van der Waals surface area contributed by atoms with E-state index in [1.165, 1.54) is 0 Å². The van der Waals surface area contributed by atoms with Crippen molar-refractivity contribution in [2.75, 3.05) is 41.8 Å². The summed E-state index contributed by atoms with van der Waals surface area (Å²) in [5.41, 5.74) is 2.93. The van der Waals surface area contributed by atoms with E-state index in [-0.39, 0.29) is 0 Å². The smallest absolute Gasteiger partial charge is 0.229 e. The summed E-state index contributed by atoms with van der Waals surface area (Å²) in [7, 11) is 0. The highest BCUT2D eigenvalue weighted by Crippen LogP contribution is 2.29. The Morgan fingerprint density at radius 1 is 0.963 bits per heavy atom. The first-order chi connectivity index (χ1) is 13.2. The first kappa shape index (κ1) is 17.3. The van der Waals surface area contributed by atoms with Crippen LogP contribution in [0.4, 0.5) is 29.0 Å². The molecular formula is C19H22N6O2. The Labute approximate surface area is 157 Å². The molecule has 3 aromatic rings. The first-order valence-electron chi connectivity index (χ1n) is 8.92. The molecule has 2 N–H and O–H groups in total. The highest BCUT2D eigenvalue weighted by molar-refractivity contribution is 5.74. The molecule has 0 unspecified atom stereocenters. The topological polar surface area (TPSA) is 88.3 Å². The fraction of sp³-hybridized carbons (Fsp3) is 0.316. The third-order valence-corrected chi connectivity index (χ3v) is 4.24. The van der Waals surface area contributed by atoms with Gasteiger partial charge in [0.2, 0.25) is 5.95 Å². The largest absolute Gasteiger partial charge is 0.378 e. The fourth-order valence-electron chi connectivity index (χ4n) is 3.02. The van der Waals surface area contributed by atoms with Crippen LogP contribution in [0, 0.1) is 13.8 Å². The van der Waals surface area contributed by atoms with E-state index in [0.717, 1.165) is 49.1 Å². The van der Waals surface area contributed by atoms with Crippen molar-refractivity contribution in [3.63, 3.8) is 0 Å². The predicted octanol–water partition coefficient (Wildman–Crippen LogP) is 3.41. The van der Waals surface area contributed by atoms with E-state index in [4.69, 9.17) is 9.26 Å². The van der Waals surface area contributed by atoms with E-state index in [9.17, 15) is 0 Å². The lowest BCUT2D eigenvalue weighted by molar-refractivity contribution is 0.123. The first-order valence-corrected chi connectivity index (χ1v) is 8.92. The molecule has 2 aromatic heterocycles. The lowest BCUT2D eigenvalue weighted by Gasteiger charge is -2.30. The minimum atomic E-state index is 0.526. The molecule has 0 spiro atoms. The van der Waals surface area contributed by atoms with E-state index in [0.29, 0.717) is 17.6 Å². The van der Waals surface area contributed by atoms with Crippen LogP contribution in [-0.2, 0) is 4.74 Å². The molecule has 27 heavy (non-hydrogen) atoms. The van der Waals surface area contributed by atoms with Gasteiger partial charge in [0.25, 0.3) is 0 Å². The van der Waals surface area contributed by atoms with Gasteiger partial charge in [0, 0.05) is 30.9 Å². The van der Waals surface area contributed by atoms with Crippen LogP contribution in [0.5, 0.6) is 0 Å². The van der Waals surface area contributed by atoms with Crippen molar-refractivity contribution in [3.8, 4) is 0 Å². The molecule has 1 aliphatic rings. The van der Waals surface area contributed by atoms with Crippen molar-refractivity contribution in [2.24, 2.45) is 0 Å². The van der Waals surface area contributed by atoms with Gasteiger partial charge in [-0.3, -0.25) is 0 Å². The van der Waals surface area contributed by atoms with Gasteiger partial charge in [0.1, 0.15) is 11.6 Å². The Morgan fingerprint density at radius 2 is 1.78 bits per heavy atom. The number of morpholine rings is 1. The van der Waals surface area contributed by atoms with E-state index in [1.807, 2.05) is 44.2 Å². The van der Waals surface area contributed by atoms with Crippen molar-refractivity contribution in [2.45, 2.75) is 13.8 Å². The molecular weight excluding hydrogens is 344 g/mol. The molecule has 0 radical (unpaired) electrons. The molecule has 8 heteroatoms. The van der Waals surface area contributed by atoms with Crippen molar-refractivity contribution >= 4 is 29.0 Å². The van der Waals surface area contributed by atoms with Crippen LogP contribution >= 0.6 is 0 Å². The number of aryl methyl sites for hydroxylation is 2. The summed E-state index contributed by atoms with van der Waals surface area (Å²) in [5.74, 6) is 2.53. The summed E-state index contributed by atoms with van der Waals surface area (Å²) in [5, 5.41) is 10.4. The van der Waals surface area contributed by atoms with Gasteiger partial charge in [-0.15, -0.1) is 0 Å². The second-order valence-electron chi connectivity index (χ2n) is 6.41. The third kappa shape index (κ3) is 4.17. The zero-order valence-electron chi connectivity index (χ0n) is 15.4. The minimum absolute atomic E-state index is 0.526. The van der Waals surface area contributed by atoms with Crippen molar-refractivity contribution in [3.05, 3.63) is 47.9 Å². The van der Waals surface area contributed by atoms with Crippen molar-refractivity contribution in [1.29, 1.82) is 0 Å². The predicted molar refractivity (Wildman–Crippen MR) is 104 cm³/mol. The maximum atomic E-state index is 5.46. The second kappa shape index (κ2) is 7.63. The van der Waals surface area contributed by atoms with Crippen molar-refractivity contribution in [1.82, 2.24) is 15.1 Å². The Morgan fingerprint density at radius 3 is 2.56 bits per heavy atom. The molecule has 0 amide bonds. The second-order valence-corrected chi connectivity index (χ2v) is 6.41. The molecule has 140 valence electrons. The van der Waals surface area contributed by atoms with Gasteiger partial charge in [-0.25, -0.2) is 4.98 Å². The Kier molecular flexibility index (Phi) is 4.88. The number of hydrogen-bond acceptors (Lipinski definition) is 8. The molecule has 0 saturated carbocycles. The number of benzene rings is 1. The van der Waals surface area contributed by atoms with Crippen LogP contribution in [0.3, 0.4) is 0 Å². The summed E-state index contributed by atoms with van der Waals surface area (Å²) >= 11 is 0. The Hall–Kier alpha value is -3.13. The molecule has 0 aliphatic carbocycles. The lowest BCUT2D eigenvalue weighted by atomic mass is 10.2. The number of nitrogens with zero attached hydrogens (tertiary/aromatic N) is 4. The zero-order chi connectivity index (χ0) is 18.6. The molecule has 3 heterocycles. The van der Waals surface area contributed by atoms with Gasteiger partial charge in [-0.2, -0.15) is 4.98 Å². The maximum Gasteiger partial charge on any atom is 0.229 e. The van der Waals surface area contributed by atoms with Gasteiger partial charge in [0.15, 0.2) is 5.82 Å². The number of para-hydroxylation sites is 2. The summed E-state index contributed by atoms with van der Waals surface area (Å²) < 4.78 is 10.5. The number of aromatic nitrogens is 3. The quantitative estimate of drug-likeness (QED) is 0.710. The van der Waals surface area contributed by atoms with E-state index in [2.05, 4.69) is 36.7 Å². The van der Waals surface area contributed by atoms with Gasteiger partial charge in [0.05, 0.1) is 24.6 Å². The summed E-state index contributed by atoms with van der Waals surface area (Å²) in [6, 6.07) is 11.8. The average molecular weight is 366 g/mol. The number of hydrogen-bond donors (Lipinski definition) is 2. The molecule has 4 rings (SSSR count). The van der Waals surface area contributed by atoms with Crippen LogP contribution in [-0.4, -0.2) is 41.4 Å². The molecule has 0 bridgehead atoms. The maximum absolute atomic E-state index is 5.46. The van der Waals surface area contributed by atoms with E-state index >= 15 is 0 Å². The number of anilines is 5. The van der Waals surface area contributed by atoms with Crippen LogP contribution < -0.4 is 15.5 Å². The Balaban J connectivity index is 1.57. The Bertz CT molecular complexity index is 920. The van der Waals surface area contributed by atoms with E-state index in [1.54, 1.807) is 0 Å². The van der Waals surface area contributed by atoms with Crippen LogP contribution in [0.15, 0.2) is 40.9 Å². The highest BCUT2D eigenvalue weighted by atomic mass is 16.5. The third-order valence-electron chi connectivity index (χ3n) is 4.24. The van der Waals surface area contributed by atoms with Gasteiger partial charge in [-0.1, -0.05) is 17.3 Å². The zero-order valence-corrected chi connectivity index (χ0v) is 15.4. The van der Waals surface area contributed by atoms with Crippen LogP contribution in [0.2, 0.25) is 0 Å². The number of rotatable bonds is 5. The fourth-order valence-corrected chi connectivity index (χ4v) is 3.02. The van der Waals surface area contributed by atoms with Crippen LogP contribution in [0.25, 0.3) is 0 Å². The molecule has 1 aromatic carbocycles. The van der Waals surface area contributed by atoms with Gasteiger partial charge < -0.3 is 24.8 Å². The monoisotopic (exact) mass is 366 g/mol. The van der Waals surface area contributed by atoms with E-state index < -0.39 is 0 Å². The molecule has 8 nitrogen and oxygen atoms in total. The van der Waals surface area contributed by atoms with Gasteiger partial charge in [-0.05, 0) is 26.0 Å². The highest BCUT2D eigenvalue weighted by Gasteiger charge is 2.15. The molecule has 1 fully saturated rings. The molecule has 1 saturated heterocycles. The van der Waals surface area contributed by atoms with Crippen molar-refractivity contribution < 1.29 is 9.26 Å². The minimum Gasteiger partial charge on any atom is -0.378 e. The SMILES string of the molecule is Cc1cc(Nc2cc(C)on2)nc(Nc2ccccc2N2CCOCC2)n1. The molecule has 1 aliphatic heterocycles. The molecule has 0 atom stereocenters. The standard InChI is InChI=1S/C19H22N6O2/c1-13-11-17(22-18-12-14(2)27-24-18)23-19(20-13)21-15-5-3-4-6-16(15)25-7-9-26-10-8-25/h3-6,11-12H,7-10H2,1-2H3,(H2,20,21,22,23,24). The number of ether oxygens (including phenoxy) is 1. The number of nitrogens with one attached hydrogen (secondary N) is 2. The normalized spacial score (nSPS) is 14.2. The van der Waals surface area contributed by atoms with Crippen LogP contribution in [0.1, 0.15) is 11.5 Å². The van der Waals surface area contributed by atoms with Gasteiger partial charge >= 0.3 is 0 Å². The summed E-state index contributed by atoms with van der Waals surface area (Å²) in [6.45, 7) is 6.98. The average Bonchev–Trinajstić information content (AvgIpc) is 3.07. The summed E-state index contributed by atoms with van der Waals surface area (Å²) in [4.78, 5) is 11.4. The summed E-state index contributed by atoms with van der Waals surface area (Å²) in [6.07, 6.45) is 0. The lowest BCUT2D eigenvalue weighted by Crippen LogP contribution is -2.36.